The van der Waals surface area contributed by atoms with Crippen LogP contribution in [0.5, 0.6) is 0 Å². The highest BCUT2D eigenvalue weighted by Gasteiger charge is 2.18. The van der Waals surface area contributed by atoms with Gasteiger partial charge in [-0.2, -0.15) is 0 Å². The van der Waals surface area contributed by atoms with E-state index in [1.54, 1.807) is 0 Å². The van der Waals surface area contributed by atoms with Gasteiger partial charge in [0.25, 0.3) is 0 Å². The Kier molecular flexibility index (Phi) is 2.76. The van der Waals surface area contributed by atoms with Crippen molar-refractivity contribution in [2.24, 2.45) is 0 Å². The molecule has 74 valence electrons. The third-order valence-electron chi connectivity index (χ3n) is 1.61. The van der Waals surface area contributed by atoms with Crippen molar-refractivity contribution in [1.82, 2.24) is 0 Å². The van der Waals surface area contributed by atoms with Gasteiger partial charge in [0, 0.05) is 10.5 Å². The van der Waals surface area contributed by atoms with Crippen molar-refractivity contribution in [3.05, 3.63) is 45.3 Å². The fourth-order valence-corrected chi connectivity index (χ4v) is 1.08. The van der Waals surface area contributed by atoms with E-state index in [9.17, 15) is 19.3 Å². The Bertz CT molecular complexity index is 391. The lowest BCUT2D eigenvalue weighted by atomic mass is 10.1. The maximum absolute atomic E-state index is 12.9. The highest BCUT2D eigenvalue weighted by Crippen LogP contribution is 2.14. The Labute approximate surface area is 77.9 Å². The standard InChI is InChI=1S/C8H6FNO4/c9-6-3-1-2-5(4-10(13)14)7(6)8(11)12/h1-3H,4H2,(H,11,12). The highest BCUT2D eigenvalue weighted by atomic mass is 19.1. The molecule has 1 N–H and O–H groups in total. The summed E-state index contributed by atoms with van der Waals surface area (Å²) in [6, 6.07) is 3.41. The third kappa shape index (κ3) is 2.03. The van der Waals surface area contributed by atoms with Gasteiger partial charge in [-0.25, -0.2) is 9.18 Å². The maximum atomic E-state index is 12.9. The smallest absolute Gasteiger partial charge is 0.339 e. The molecule has 0 spiro atoms. The molecule has 0 fully saturated rings. The summed E-state index contributed by atoms with van der Waals surface area (Å²) in [5.41, 5.74) is -0.772. The molecular formula is C8H6FNO4. The lowest BCUT2D eigenvalue weighted by Crippen LogP contribution is -2.09. The van der Waals surface area contributed by atoms with E-state index in [0.717, 1.165) is 6.07 Å². The molecule has 0 aliphatic rings. The molecule has 0 amide bonds. The molecule has 0 unspecified atom stereocenters. The molecule has 5 nitrogen and oxygen atoms in total. The molecule has 0 saturated carbocycles. The van der Waals surface area contributed by atoms with E-state index in [2.05, 4.69) is 0 Å². The Hall–Kier alpha value is -1.98. The van der Waals surface area contributed by atoms with Crippen LogP contribution in [0, 0.1) is 15.9 Å². The number of hydrogen-bond donors (Lipinski definition) is 1. The van der Waals surface area contributed by atoms with Crippen LogP contribution in [-0.4, -0.2) is 16.0 Å². The van der Waals surface area contributed by atoms with E-state index < -0.39 is 28.8 Å². The average molecular weight is 199 g/mol. The first-order chi connectivity index (χ1) is 6.52. The van der Waals surface area contributed by atoms with Gasteiger partial charge in [0.05, 0.1) is 0 Å². The van der Waals surface area contributed by atoms with E-state index >= 15 is 0 Å². The molecule has 1 rings (SSSR count). The normalized spacial score (nSPS) is 9.79. The van der Waals surface area contributed by atoms with Crippen molar-refractivity contribution < 1.29 is 19.2 Å². The topological polar surface area (TPSA) is 80.4 Å². The van der Waals surface area contributed by atoms with Gasteiger partial charge in [0.15, 0.2) is 0 Å². The van der Waals surface area contributed by atoms with Crippen molar-refractivity contribution >= 4 is 5.97 Å². The molecule has 0 heterocycles. The number of rotatable bonds is 3. The molecule has 0 atom stereocenters. The number of benzene rings is 1. The molecule has 6 heteroatoms. The quantitative estimate of drug-likeness (QED) is 0.587. The molecule has 0 bridgehead atoms. The Morgan fingerprint density at radius 3 is 2.71 bits per heavy atom. The second-order valence-electron chi connectivity index (χ2n) is 2.57. The largest absolute Gasteiger partial charge is 0.478 e. The van der Waals surface area contributed by atoms with Crippen LogP contribution in [0.1, 0.15) is 15.9 Å². The molecule has 1 aromatic carbocycles. The average Bonchev–Trinajstić information content (AvgIpc) is 2.01. The molecular weight excluding hydrogens is 193 g/mol. The van der Waals surface area contributed by atoms with Crippen LogP contribution in [-0.2, 0) is 6.54 Å². The second-order valence-corrected chi connectivity index (χ2v) is 2.57. The molecule has 0 aliphatic heterocycles. The number of hydrogen-bond acceptors (Lipinski definition) is 3. The summed E-state index contributed by atoms with van der Waals surface area (Å²) in [6.45, 7) is -0.695. The number of carboxylic acids is 1. The molecule has 0 aromatic heterocycles. The van der Waals surface area contributed by atoms with Gasteiger partial charge in [-0.05, 0) is 6.07 Å². The minimum atomic E-state index is -1.50. The zero-order chi connectivity index (χ0) is 10.7. The molecule has 0 aliphatic carbocycles. The lowest BCUT2D eigenvalue weighted by molar-refractivity contribution is -0.496. The third-order valence-corrected chi connectivity index (χ3v) is 1.61. The summed E-state index contributed by atoms with van der Waals surface area (Å²) < 4.78 is 12.9. The maximum Gasteiger partial charge on any atom is 0.339 e. The van der Waals surface area contributed by atoms with Gasteiger partial charge in [-0.15, -0.1) is 0 Å². The van der Waals surface area contributed by atoms with Crippen LogP contribution in [0.25, 0.3) is 0 Å². The van der Waals surface area contributed by atoms with Crippen LogP contribution in [0.15, 0.2) is 18.2 Å². The fourth-order valence-electron chi connectivity index (χ4n) is 1.08. The number of nitro groups is 1. The summed E-state index contributed by atoms with van der Waals surface area (Å²) in [4.78, 5) is 20.0. The fraction of sp³-hybridized carbons (Fsp3) is 0.125. The van der Waals surface area contributed by atoms with Crippen molar-refractivity contribution in [1.29, 1.82) is 0 Å². The molecule has 1 aromatic rings. The van der Waals surface area contributed by atoms with Gasteiger partial charge in [-0.3, -0.25) is 10.1 Å². The van der Waals surface area contributed by atoms with E-state index in [-0.39, 0.29) is 5.56 Å². The van der Waals surface area contributed by atoms with Crippen molar-refractivity contribution in [2.45, 2.75) is 6.54 Å². The van der Waals surface area contributed by atoms with Crippen molar-refractivity contribution in [2.75, 3.05) is 0 Å². The van der Waals surface area contributed by atoms with Gasteiger partial charge in [-0.1, -0.05) is 12.1 Å². The first-order valence-corrected chi connectivity index (χ1v) is 3.65. The molecule has 14 heavy (non-hydrogen) atoms. The summed E-state index contributed by atoms with van der Waals surface area (Å²) >= 11 is 0. The molecule has 0 radical (unpaired) electrons. The number of halogens is 1. The zero-order valence-electron chi connectivity index (χ0n) is 6.94. The van der Waals surface area contributed by atoms with Gasteiger partial charge in [0.1, 0.15) is 11.4 Å². The number of carboxylic acid groups (broad SMARTS) is 1. The van der Waals surface area contributed by atoms with E-state index in [4.69, 9.17) is 5.11 Å². The van der Waals surface area contributed by atoms with Crippen LogP contribution in [0.2, 0.25) is 0 Å². The minimum Gasteiger partial charge on any atom is -0.478 e. The summed E-state index contributed by atoms with van der Waals surface area (Å²) in [5, 5.41) is 18.7. The lowest BCUT2D eigenvalue weighted by Gasteiger charge is -2.01. The summed E-state index contributed by atoms with van der Waals surface area (Å²) in [5.74, 6) is -2.46. The predicted molar refractivity (Wildman–Crippen MR) is 44.1 cm³/mol. The van der Waals surface area contributed by atoms with Crippen LogP contribution in [0.4, 0.5) is 4.39 Å². The van der Waals surface area contributed by atoms with E-state index in [1.807, 2.05) is 0 Å². The van der Waals surface area contributed by atoms with Crippen LogP contribution < -0.4 is 0 Å². The second kappa shape index (κ2) is 3.82. The summed E-state index contributed by atoms with van der Waals surface area (Å²) in [7, 11) is 0. The first-order valence-electron chi connectivity index (χ1n) is 3.65. The van der Waals surface area contributed by atoms with E-state index in [1.165, 1.54) is 12.1 Å². The zero-order valence-corrected chi connectivity index (χ0v) is 6.94. The Morgan fingerprint density at radius 1 is 1.57 bits per heavy atom. The number of aromatic carboxylic acids is 1. The van der Waals surface area contributed by atoms with Crippen LogP contribution in [0.3, 0.4) is 0 Å². The predicted octanol–water partition coefficient (Wildman–Crippen LogP) is 1.30. The Morgan fingerprint density at radius 2 is 2.21 bits per heavy atom. The summed E-state index contributed by atoms with van der Waals surface area (Å²) in [6.07, 6.45) is 0. The van der Waals surface area contributed by atoms with Gasteiger partial charge in [0.2, 0.25) is 6.54 Å². The minimum absolute atomic E-state index is 0.137. The monoisotopic (exact) mass is 199 g/mol. The van der Waals surface area contributed by atoms with Crippen molar-refractivity contribution in [3.8, 4) is 0 Å². The highest BCUT2D eigenvalue weighted by molar-refractivity contribution is 5.89. The number of carbonyl (C=O) groups is 1. The van der Waals surface area contributed by atoms with Crippen molar-refractivity contribution in [3.63, 3.8) is 0 Å². The first kappa shape index (κ1) is 10.1. The molecule has 0 saturated heterocycles. The Balaban J connectivity index is 3.21. The van der Waals surface area contributed by atoms with Gasteiger partial charge < -0.3 is 5.11 Å². The van der Waals surface area contributed by atoms with E-state index in [0.29, 0.717) is 0 Å². The SMILES string of the molecule is O=C(O)c1c(F)cccc1C[N+](=O)[O-]. The van der Waals surface area contributed by atoms with Gasteiger partial charge >= 0.3 is 5.97 Å². The van der Waals surface area contributed by atoms with Crippen LogP contribution >= 0.6 is 0 Å². The number of nitrogens with zero attached hydrogens (tertiary/aromatic N) is 1.